The molecule has 0 unspecified atom stereocenters. The Morgan fingerprint density at radius 1 is 1.41 bits per heavy atom. The van der Waals surface area contributed by atoms with Gasteiger partial charge in [0, 0.05) is 18.1 Å². The maximum Gasteiger partial charge on any atom is 0.311 e. The molecule has 5 nitrogen and oxygen atoms in total. The lowest BCUT2D eigenvalue weighted by atomic mass is 10.0. The molecular weight excluding hydrogens is 222 g/mol. The Balaban J connectivity index is 2.81. The first-order chi connectivity index (χ1) is 8.06. The Kier molecular flexibility index (Phi) is 4.63. The summed E-state index contributed by atoms with van der Waals surface area (Å²) >= 11 is 0. The number of hydrogen-bond acceptors (Lipinski definition) is 4. The van der Waals surface area contributed by atoms with E-state index in [1.165, 1.54) is 12.1 Å². The molecule has 1 N–H and O–H groups in total. The molecule has 0 heterocycles. The summed E-state index contributed by atoms with van der Waals surface area (Å²) in [4.78, 5) is 21.6. The third-order valence-corrected chi connectivity index (χ3v) is 2.50. The predicted octanol–water partition coefficient (Wildman–Crippen LogP) is 3.06. The van der Waals surface area contributed by atoms with Crippen LogP contribution >= 0.6 is 0 Å². The van der Waals surface area contributed by atoms with Gasteiger partial charge in [0.15, 0.2) is 11.5 Å². The van der Waals surface area contributed by atoms with Gasteiger partial charge >= 0.3 is 5.69 Å². The van der Waals surface area contributed by atoms with E-state index in [2.05, 4.69) is 0 Å². The largest absolute Gasteiger partial charge is 0.502 e. The molecule has 0 amide bonds. The van der Waals surface area contributed by atoms with Gasteiger partial charge in [0.05, 0.1) is 4.92 Å². The second-order valence-corrected chi connectivity index (χ2v) is 3.84. The zero-order valence-electron chi connectivity index (χ0n) is 9.68. The first-order valence-corrected chi connectivity index (χ1v) is 5.57. The van der Waals surface area contributed by atoms with Gasteiger partial charge in [-0.25, -0.2) is 0 Å². The standard InChI is InChI=1S/C12H15NO4/c1-2-3-4-5-11(14)9-6-7-12(15)10(8-9)13(16)17/h6-8,15H,2-5H2,1H3. The summed E-state index contributed by atoms with van der Waals surface area (Å²) < 4.78 is 0. The van der Waals surface area contributed by atoms with E-state index in [-0.39, 0.29) is 11.3 Å². The van der Waals surface area contributed by atoms with Gasteiger partial charge in [0.25, 0.3) is 0 Å². The fourth-order valence-corrected chi connectivity index (χ4v) is 1.52. The van der Waals surface area contributed by atoms with Crippen LogP contribution in [0.3, 0.4) is 0 Å². The lowest BCUT2D eigenvalue weighted by Gasteiger charge is -2.01. The fraction of sp³-hybridized carbons (Fsp3) is 0.417. The number of nitro groups is 1. The topological polar surface area (TPSA) is 80.4 Å². The molecule has 0 aliphatic carbocycles. The number of rotatable bonds is 6. The van der Waals surface area contributed by atoms with E-state index in [9.17, 15) is 20.0 Å². The third kappa shape index (κ3) is 3.55. The molecule has 17 heavy (non-hydrogen) atoms. The molecule has 5 heteroatoms. The van der Waals surface area contributed by atoms with E-state index < -0.39 is 16.4 Å². The molecule has 92 valence electrons. The van der Waals surface area contributed by atoms with Crippen LogP contribution in [-0.4, -0.2) is 15.8 Å². The normalized spacial score (nSPS) is 10.2. The predicted molar refractivity (Wildman–Crippen MR) is 63.2 cm³/mol. The van der Waals surface area contributed by atoms with E-state index in [1.807, 2.05) is 6.92 Å². The van der Waals surface area contributed by atoms with Crippen LogP contribution in [0.15, 0.2) is 18.2 Å². The lowest BCUT2D eigenvalue weighted by molar-refractivity contribution is -0.385. The highest BCUT2D eigenvalue weighted by atomic mass is 16.6. The fourth-order valence-electron chi connectivity index (χ4n) is 1.52. The summed E-state index contributed by atoms with van der Waals surface area (Å²) in [6.07, 6.45) is 3.15. The Morgan fingerprint density at radius 2 is 2.12 bits per heavy atom. The van der Waals surface area contributed by atoms with Gasteiger partial charge in [-0.2, -0.15) is 0 Å². The van der Waals surface area contributed by atoms with Crippen LogP contribution in [0.4, 0.5) is 5.69 Å². The van der Waals surface area contributed by atoms with Crippen molar-refractivity contribution in [2.45, 2.75) is 32.6 Å². The minimum atomic E-state index is -0.696. The second kappa shape index (κ2) is 5.98. The molecule has 0 fully saturated rings. The number of phenols is 1. The highest BCUT2D eigenvalue weighted by Crippen LogP contribution is 2.26. The lowest BCUT2D eigenvalue weighted by Crippen LogP contribution is -2.00. The van der Waals surface area contributed by atoms with Crippen molar-refractivity contribution in [3.05, 3.63) is 33.9 Å². The maximum absolute atomic E-state index is 11.7. The van der Waals surface area contributed by atoms with Gasteiger partial charge < -0.3 is 5.11 Å². The number of aromatic hydroxyl groups is 1. The number of nitrogens with zero attached hydrogens (tertiary/aromatic N) is 1. The van der Waals surface area contributed by atoms with Crippen LogP contribution in [0, 0.1) is 10.1 Å². The van der Waals surface area contributed by atoms with E-state index in [1.54, 1.807) is 0 Å². The minimum absolute atomic E-state index is 0.124. The molecule has 0 aliphatic rings. The highest BCUT2D eigenvalue weighted by molar-refractivity contribution is 5.96. The van der Waals surface area contributed by atoms with Crippen LogP contribution in [0.2, 0.25) is 0 Å². The number of carbonyl (C=O) groups is 1. The highest BCUT2D eigenvalue weighted by Gasteiger charge is 2.16. The summed E-state index contributed by atoms with van der Waals surface area (Å²) in [5.41, 5.74) is -0.142. The summed E-state index contributed by atoms with van der Waals surface area (Å²) in [5, 5.41) is 19.8. The van der Waals surface area contributed by atoms with E-state index in [0.717, 1.165) is 25.3 Å². The molecule has 0 radical (unpaired) electrons. The molecule has 0 spiro atoms. The Hall–Kier alpha value is -1.91. The smallest absolute Gasteiger partial charge is 0.311 e. The van der Waals surface area contributed by atoms with Crippen molar-refractivity contribution in [3.8, 4) is 5.75 Å². The second-order valence-electron chi connectivity index (χ2n) is 3.84. The number of benzene rings is 1. The summed E-state index contributed by atoms with van der Waals surface area (Å²) in [5.74, 6) is -0.540. The zero-order chi connectivity index (χ0) is 12.8. The van der Waals surface area contributed by atoms with E-state index >= 15 is 0 Å². The van der Waals surface area contributed by atoms with Crippen molar-refractivity contribution in [1.29, 1.82) is 0 Å². The number of hydrogen-bond donors (Lipinski definition) is 1. The van der Waals surface area contributed by atoms with Crippen LogP contribution < -0.4 is 0 Å². The van der Waals surface area contributed by atoms with Gasteiger partial charge in [-0.3, -0.25) is 14.9 Å². The van der Waals surface area contributed by atoms with Crippen molar-refractivity contribution in [1.82, 2.24) is 0 Å². The molecule has 1 rings (SSSR count). The first-order valence-electron chi connectivity index (χ1n) is 5.57. The summed E-state index contributed by atoms with van der Waals surface area (Å²) in [6.45, 7) is 2.04. The van der Waals surface area contributed by atoms with Crippen molar-refractivity contribution in [2.24, 2.45) is 0 Å². The monoisotopic (exact) mass is 237 g/mol. The molecule has 1 aromatic carbocycles. The number of carbonyl (C=O) groups excluding carboxylic acids is 1. The zero-order valence-corrected chi connectivity index (χ0v) is 9.68. The summed E-state index contributed by atoms with van der Waals surface area (Å²) in [6, 6.07) is 3.73. The van der Waals surface area contributed by atoms with Gasteiger partial charge in [-0.1, -0.05) is 19.8 Å². The average Bonchev–Trinajstić information content (AvgIpc) is 2.29. The molecule has 0 aliphatic heterocycles. The van der Waals surface area contributed by atoms with Gasteiger partial charge in [-0.15, -0.1) is 0 Å². The SMILES string of the molecule is CCCCCC(=O)c1ccc(O)c([N+](=O)[O-])c1. The molecule has 0 saturated heterocycles. The Bertz CT molecular complexity index is 429. The number of Topliss-reactive ketones (excluding diaryl/α,β-unsaturated/α-hetero) is 1. The number of ketones is 1. The van der Waals surface area contributed by atoms with Gasteiger partial charge in [0.2, 0.25) is 0 Å². The summed E-state index contributed by atoms with van der Waals surface area (Å²) in [7, 11) is 0. The third-order valence-electron chi connectivity index (χ3n) is 2.50. The molecule has 0 atom stereocenters. The van der Waals surface area contributed by atoms with Crippen molar-refractivity contribution >= 4 is 11.5 Å². The molecule has 0 aromatic heterocycles. The van der Waals surface area contributed by atoms with Gasteiger partial charge in [-0.05, 0) is 18.6 Å². The molecule has 0 bridgehead atoms. The van der Waals surface area contributed by atoms with Gasteiger partial charge in [0.1, 0.15) is 0 Å². The molecule has 0 saturated carbocycles. The molecular formula is C12H15NO4. The number of unbranched alkanes of at least 4 members (excludes halogenated alkanes) is 2. The number of nitro benzene ring substituents is 1. The Labute approximate surface area is 99.2 Å². The van der Waals surface area contributed by atoms with Crippen molar-refractivity contribution in [3.63, 3.8) is 0 Å². The minimum Gasteiger partial charge on any atom is -0.502 e. The molecule has 1 aromatic rings. The van der Waals surface area contributed by atoms with Crippen molar-refractivity contribution < 1.29 is 14.8 Å². The Morgan fingerprint density at radius 3 is 2.71 bits per heavy atom. The first kappa shape index (κ1) is 13.2. The van der Waals surface area contributed by atoms with Crippen LogP contribution in [-0.2, 0) is 0 Å². The van der Waals surface area contributed by atoms with Crippen LogP contribution in [0.25, 0.3) is 0 Å². The average molecular weight is 237 g/mol. The van der Waals surface area contributed by atoms with Crippen LogP contribution in [0.1, 0.15) is 43.0 Å². The maximum atomic E-state index is 11.7. The van der Waals surface area contributed by atoms with E-state index in [4.69, 9.17) is 0 Å². The quantitative estimate of drug-likeness (QED) is 0.357. The van der Waals surface area contributed by atoms with Crippen LogP contribution in [0.5, 0.6) is 5.75 Å². The number of phenolic OH excluding ortho intramolecular Hbond substituents is 1. The van der Waals surface area contributed by atoms with E-state index in [0.29, 0.717) is 6.42 Å². The van der Waals surface area contributed by atoms with Crippen molar-refractivity contribution in [2.75, 3.05) is 0 Å².